The van der Waals surface area contributed by atoms with Crippen molar-refractivity contribution in [2.45, 2.75) is 37.8 Å². The van der Waals surface area contributed by atoms with Crippen molar-refractivity contribution in [2.24, 2.45) is 0 Å². The van der Waals surface area contributed by atoms with E-state index in [9.17, 15) is 4.79 Å². The van der Waals surface area contributed by atoms with Gasteiger partial charge in [0.05, 0.1) is 5.92 Å². The number of hydrogen-bond donors (Lipinski definition) is 2. The summed E-state index contributed by atoms with van der Waals surface area (Å²) in [5.41, 5.74) is 5.02. The first-order valence-electron chi connectivity index (χ1n) is 8.58. The molecule has 23 heavy (non-hydrogen) atoms. The molecule has 3 aliphatic rings. The lowest BCUT2D eigenvalue weighted by atomic mass is 9.79. The number of para-hydroxylation sites is 1. The molecule has 4 heteroatoms. The van der Waals surface area contributed by atoms with Crippen LogP contribution in [0.3, 0.4) is 0 Å². The van der Waals surface area contributed by atoms with Crippen molar-refractivity contribution >= 4 is 16.8 Å². The van der Waals surface area contributed by atoms with Gasteiger partial charge in [-0.1, -0.05) is 24.3 Å². The number of aromatic amines is 1. The number of H-pyrrole nitrogens is 1. The van der Waals surface area contributed by atoms with Gasteiger partial charge in [-0.2, -0.15) is 0 Å². The monoisotopic (exact) mass is 307 g/mol. The fraction of sp³-hybridized carbons (Fsp3) is 0.421. The van der Waals surface area contributed by atoms with Crippen molar-refractivity contribution in [3.05, 3.63) is 47.2 Å². The first-order chi connectivity index (χ1) is 11.2. The summed E-state index contributed by atoms with van der Waals surface area (Å²) < 4.78 is 0. The highest BCUT2D eigenvalue weighted by molar-refractivity contribution is 5.92. The first-order valence-corrected chi connectivity index (χ1v) is 8.58. The number of carbonyl (C=O) groups excluding carboxylic acids is 1. The number of carbonyl (C=O) groups is 1. The van der Waals surface area contributed by atoms with Crippen LogP contribution in [0.25, 0.3) is 10.9 Å². The van der Waals surface area contributed by atoms with Crippen LogP contribution in [0.1, 0.15) is 30.5 Å². The van der Waals surface area contributed by atoms with Crippen molar-refractivity contribution in [3.63, 3.8) is 0 Å². The molecule has 4 nitrogen and oxygen atoms in total. The highest BCUT2D eigenvalue weighted by atomic mass is 16.2. The van der Waals surface area contributed by atoms with Crippen LogP contribution in [0, 0.1) is 0 Å². The molecule has 1 fully saturated rings. The van der Waals surface area contributed by atoms with E-state index in [-0.39, 0.29) is 23.9 Å². The lowest BCUT2D eigenvalue weighted by molar-refractivity contribution is -0.125. The van der Waals surface area contributed by atoms with Crippen LogP contribution in [0.2, 0.25) is 0 Å². The van der Waals surface area contributed by atoms with Crippen molar-refractivity contribution in [1.82, 2.24) is 15.2 Å². The van der Waals surface area contributed by atoms with Gasteiger partial charge in [-0.05, 0) is 37.0 Å². The van der Waals surface area contributed by atoms with Crippen LogP contribution < -0.4 is 5.32 Å². The molecule has 0 aliphatic carbocycles. The summed E-state index contributed by atoms with van der Waals surface area (Å²) in [4.78, 5) is 19.0. The van der Waals surface area contributed by atoms with E-state index in [0.717, 1.165) is 37.1 Å². The minimum Gasteiger partial charge on any atom is -0.357 e. The molecule has 1 aromatic carbocycles. The summed E-state index contributed by atoms with van der Waals surface area (Å²) in [5, 5.41) is 4.47. The molecular weight excluding hydrogens is 286 g/mol. The number of fused-ring (bicyclic) bond motifs is 4. The third kappa shape index (κ3) is 1.78. The Hall–Kier alpha value is -2.07. The SMILES string of the molecule is CC1NC(=O)C2c3[nH]c4ccccc4c3CCN3CCC=C1C23. The summed E-state index contributed by atoms with van der Waals surface area (Å²) in [6, 6.07) is 8.81. The number of nitrogens with zero attached hydrogens (tertiary/aromatic N) is 1. The molecule has 0 bridgehead atoms. The molecule has 0 radical (unpaired) electrons. The molecule has 0 spiro atoms. The summed E-state index contributed by atoms with van der Waals surface area (Å²) in [7, 11) is 0. The lowest BCUT2D eigenvalue weighted by Gasteiger charge is -2.44. The Morgan fingerprint density at radius 1 is 1.22 bits per heavy atom. The van der Waals surface area contributed by atoms with E-state index in [1.54, 1.807) is 0 Å². The number of piperidine rings is 1. The van der Waals surface area contributed by atoms with Crippen LogP contribution in [0.5, 0.6) is 0 Å². The van der Waals surface area contributed by atoms with Crippen molar-refractivity contribution in [3.8, 4) is 0 Å². The zero-order valence-electron chi connectivity index (χ0n) is 13.3. The summed E-state index contributed by atoms with van der Waals surface area (Å²) >= 11 is 0. The molecule has 2 aromatic rings. The molecule has 3 unspecified atom stereocenters. The Morgan fingerprint density at radius 3 is 3.00 bits per heavy atom. The topological polar surface area (TPSA) is 48.1 Å². The van der Waals surface area contributed by atoms with E-state index in [4.69, 9.17) is 0 Å². The summed E-state index contributed by atoms with van der Waals surface area (Å²) in [6.07, 6.45) is 4.46. The Morgan fingerprint density at radius 2 is 2.09 bits per heavy atom. The highest BCUT2D eigenvalue weighted by Gasteiger charge is 2.46. The third-order valence-corrected chi connectivity index (χ3v) is 5.79. The zero-order valence-corrected chi connectivity index (χ0v) is 13.3. The molecule has 1 aromatic heterocycles. The van der Waals surface area contributed by atoms with Gasteiger partial charge in [-0.3, -0.25) is 9.69 Å². The largest absolute Gasteiger partial charge is 0.357 e. The van der Waals surface area contributed by atoms with Gasteiger partial charge >= 0.3 is 0 Å². The quantitative estimate of drug-likeness (QED) is 0.734. The molecule has 2 N–H and O–H groups in total. The molecule has 118 valence electrons. The van der Waals surface area contributed by atoms with Gasteiger partial charge in [0.2, 0.25) is 5.91 Å². The van der Waals surface area contributed by atoms with Gasteiger partial charge in [-0.25, -0.2) is 0 Å². The molecular formula is C19H21N3O. The van der Waals surface area contributed by atoms with Crippen LogP contribution in [0.4, 0.5) is 0 Å². The van der Waals surface area contributed by atoms with Crippen molar-refractivity contribution in [2.75, 3.05) is 13.1 Å². The van der Waals surface area contributed by atoms with Gasteiger partial charge < -0.3 is 10.3 Å². The Kier molecular flexibility index (Phi) is 2.74. The van der Waals surface area contributed by atoms with E-state index < -0.39 is 0 Å². The van der Waals surface area contributed by atoms with Gasteiger partial charge in [0.25, 0.3) is 0 Å². The van der Waals surface area contributed by atoms with Crippen molar-refractivity contribution < 1.29 is 4.79 Å². The lowest BCUT2D eigenvalue weighted by Crippen LogP contribution is -2.57. The number of hydrogen-bond acceptors (Lipinski definition) is 2. The summed E-state index contributed by atoms with van der Waals surface area (Å²) in [5.74, 6) is 0.0592. The predicted octanol–water partition coefficient (Wildman–Crippen LogP) is 2.33. The van der Waals surface area contributed by atoms with Gasteiger partial charge in [0, 0.05) is 41.8 Å². The molecule has 4 heterocycles. The van der Waals surface area contributed by atoms with Crippen LogP contribution in [0.15, 0.2) is 35.9 Å². The predicted molar refractivity (Wildman–Crippen MR) is 90.4 cm³/mol. The van der Waals surface area contributed by atoms with Crippen LogP contribution in [-0.4, -0.2) is 41.0 Å². The molecule has 3 aliphatic heterocycles. The Labute approximate surface area is 135 Å². The van der Waals surface area contributed by atoms with E-state index in [2.05, 4.69) is 52.5 Å². The second-order valence-electron chi connectivity index (χ2n) is 6.99. The second-order valence-corrected chi connectivity index (χ2v) is 6.99. The van der Waals surface area contributed by atoms with Crippen LogP contribution >= 0.6 is 0 Å². The average molecular weight is 307 g/mol. The van der Waals surface area contributed by atoms with Crippen LogP contribution in [-0.2, 0) is 11.2 Å². The minimum atomic E-state index is -0.109. The molecule has 3 atom stereocenters. The van der Waals surface area contributed by atoms with E-state index >= 15 is 0 Å². The maximum absolute atomic E-state index is 12.9. The maximum Gasteiger partial charge on any atom is 0.231 e. The number of amides is 1. The maximum atomic E-state index is 12.9. The first kappa shape index (κ1) is 13.4. The number of benzene rings is 1. The average Bonchev–Trinajstić information content (AvgIpc) is 2.83. The van der Waals surface area contributed by atoms with Crippen molar-refractivity contribution in [1.29, 1.82) is 0 Å². The van der Waals surface area contributed by atoms with Gasteiger partial charge in [0.15, 0.2) is 0 Å². The van der Waals surface area contributed by atoms with E-state index in [1.807, 2.05) is 0 Å². The molecule has 1 saturated heterocycles. The normalized spacial score (nSPS) is 30.2. The highest BCUT2D eigenvalue weighted by Crippen LogP contribution is 2.41. The van der Waals surface area contributed by atoms with E-state index in [0.29, 0.717) is 0 Å². The standard InChI is InChI=1S/C19H21N3O/c1-11-12-6-4-9-22-10-8-14-13-5-2-3-7-15(13)21-17(14)16(18(12)22)19(23)20-11/h2-3,5-7,11,16,18,21H,4,8-10H2,1H3,(H,20,23). The number of nitrogens with one attached hydrogen (secondary N) is 2. The minimum absolute atomic E-state index is 0.109. The fourth-order valence-corrected chi connectivity index (χ4v) is 4.78. The zero-order chi connectivity index (χ0) is 15.6. The summed E-state index contributed by atoms with van der Waals surface area (Å²) in [6.45, 7) is 4.21. The smallest absolute Gasteiger partial charge is 0.231 e. The molecule has 0 saturated carbocycles. The van der Waals surface area contributed by atoms with Gasteiger partial charge in [-0.15, -0.1) is 0 Å². The third-order valence-electron chi connectivity index (χ3n) is 5.79. The number of rotatable bonds is 0. The molecule has 1 amide bonds. The number of aromatic nitrogens is 1. The Bertz CT molecular complexity index is 834. The second kappa shape index (κ2) is 4.71. The molecule has 5 rings (SSSR count). The Balaban J connectivity index is 1.75. The van der Waals surface area contributed by atoms with E-state index in [1.165, 1.54) is 16.5 Å². The van der Waals surface area contributed by atoms with Gasteiger partial charge in [0.1, 0.15) is 0 Å². The fourth-order valence-electron chi connectivity index (χ4n) is 4.78.